The van der Waals surface area contributed by atoms with Gasteiger partial charge in [0.05, 0.1) is 15.7 Å². The molecule has 1 aromatic rings. The molecule has 1 rings (SSSR count). The Morgan fingerprint density at radius 3 is 2.35 bits per heavy atom. The Morgan fingerprint density at radius 2 is 1.94 bits per heavy atom. The SMILES string of the molecule is Cc1ccc([C@H](C)N(C)S(=O)C(C)(C)C)cn1. The van der Waals surface area contributed by atoms with Gasteiger partial charge in [-0.05, 0) is 46.2 Å². The van der Waals surface area contributed by atoms with Gasteiger partial charge in [-0.3, -0.25) is 4.98 Å². The van der Waals surface area contributed by atoms with Gasteiger partial charge in [0.1, 0.15) is 0 Å². The molecule has 0 amide bonds. The minimum absolute atomic E-state index is 0.100. The van der Waals surface area contributed by atoms with Crippen molar-refractivity contribution in [3.8, 4) is 0 Å². The number of aromatic nitrogens is 1. The predicted molar refractivity (Wildman–Crippen MR) is 73.0 cm³/mol. The first-order valence-electron chi connectivity index (χ1n) is 5.81. The molecule has 1 unspecified atom stereocenters. The van der Waals surface area contributed by atoms with Crippen LogP contribution in [0.5, 0.6) is 0 Å². The third kappa shape index (κ3) is 3.61. The first-order valence-corrected chi connectivity index (χ1v) is 6.91. The zero-order valence-corrected chi connectivity index (χ0v) is 12.3. The minimum atomic E-state index is -1.01. The summed E-state index contributed by atoms with van der Waals surface area (Å²) in [4.78, 5) is 4.28. The smallest absolute Gasteiger partial charge is 0.1000 e. The van der Waals surface area contributed by atoms with Crippen LogP contribution in [-0.4, -0.2) is 25.3 Å². The van der Waals surface area contributed by atoms with E-state index in [1.165, 1.54) is 0 Å². The number of hydrogen-bond donors (Lipinski definition) is 0. The van der Waals surface area contributed by atoms with E-state index in [4.69, 9.17) is 0 Å². The highest BCUT2D eigenvalue weighted by Gasteiger charge is 2.27. The Balaban J connectivity index is 2.87. The quantitative estimate of drug-likeness (QED) is 0.831. The second-order valence-electron chi connectivity index (χ2n) is 5.32. The summed E-state index contributed by atoms with van der Waals surface area (Å²) in [6.07, 6.45) is 1.86. The lowest BCUT2D eigenvalue weighted by Crippen LogP contribution is -2.36. The van der Waals surface area contributed by atoms with Gasteiger partial charge in [0.2, 0.25) is 0 Å². The van der Waals surface area contributed by atoms with Crippen molar-refractivity contribution in [2.24, 2.45) is 0 Å². The number of aryl methyl sites for hydroxylation is 1. The third-order valence-electron chi connectivity index (χ3n) is 2.75. The second-order valence-corrected chi connectivity index (χ2v) is 7.62. The normalized spacial score (nSPS) is 15.9. The molecule has 0 N–H and O–H groups in total. The molecule has 2 atom stereocenters. The van der Waals surface area contributed by atoms with E-state index in [0.717, 1.165) is 11.3 Å². The lowest BCUT2D eigenvalue weighted by molar-refractivity contribution is 0.416. The first kappa shape index (κ1) is 14.3. The highest BCUT2D eigenvalue weighted by atomic mass is 32.2. The monoisotopic (exact) mass is 254 g/mol. The fraction of sp³-hybridized carbons (Fsp3) is 0.615. The van der Waals surface area contributed by atoms with Gasteiger partial charge < -0.3 is 0 Å². The maximum absolute atomic E-state index is 12.3. The summed E-state index contributed by atoms with van der Waals surface area (Å²) in [7, 11) is 0.882. The van der Waals surface area contributed by atoms with Crippen LogP contribution in [0.2, 0.25) is 0 Å². The molecule has 1 aromatic heterocycles. The van der Waals surface area contributed by atoms with Crippen LogP contribution in [0.25, 0.3) is 0 Å². The maximum Gasteiger partial charge on any atom is 0.1000 e. The van der Waals surface area contributed by atoms with Gasteiger partial charge in [0.25, 0.3) is 0 Å². The van der Waals surface area contributed by atoms with Crippen molar-refractivity contribution in [2.45, 2.75) is 45.4 Å². The molecule has 0 saturated heterocycles. The minimum Gasteiger partial charge on any atom is -0.261 e. The van der Waals surface area contributed by atoms with Crippen LogP contribution in [0.3, 0.4) is 0 Å². The first-order chi connectivity index (χ1) is 7.73. The summed E-state index contributed by atoms with van der Waals surface area (Å²) >= 11 is 0. The average Bonchev–Trinajstić information content (AvgIpc) is 2.26. The molecular formula is C13H22N2OS. The van der Waals surface area contributed by atoms with E-state index in [9.17, 15) is 4.21 Å². The Morgan fingerprint density at radius 1 is 1.35 bits per heavy atom. The van der Waals surface area contributed by atoms with Crippen LogP contribution in [0.4, 0.5) is 0 Å². The molecule has 0 aliphatic carbocycles. The molecule has 4 heteroatoms. The van der Waals surface area contributed by atoms with Crippen LogP contribution in [-0.2, 0) is 11.0 Å². The summed E-state index contributed by atoms with van der Waals surface area (Å²) in [6.45, 7) is 9.97. The predicted octanol–water partition coefficient (Wildman–Crippen LogP) is 2.85. The molecule has 0 aliphatic heterocycles. The average molecular weight is 254 g/mol. The van der Waals surface area contributed by atoms with Gasteiger partial charge in [-0.1, -0.05) is 6.07 Å². The van der Waals surface area contributed by atoms with E-state index in [1.54, 1.807) is 0 Å². The lowest BCUT2D eigenvalue weighted by Gasteiger charge is -2.30. The Hall–Kier alpha value is -0.740. The van der Waals surface area contributed by atoms with Crippen molar-refractivity contribution in [3.63, 3.8) is 0 Å². The fourth-order valence-corrected chi connectivity index (χ4v) is 2.78. The van der Waals surface area contributed by atoms with E-state index >= 15 is 0 Å². The summed E-state index contributed by atoms with van der Waals surface area (Å²) < 4.78 is 13.9. The van der Waals surface area contributed by atoms with E-state index in [-0.39, 0.29) is 10.8 Å². The highest BCUT2D eigenvalue weighted by molar-refractivity contribution is 7.84. The molecule has 0 aromatic carbocycles. The topological polar surface area (TPSA) is 33.2 Å². The molecule has 0 spiro atoms. The Bertz CT molecular complexity index is 395. The molecule has 17 heavy (non-hydrogen) atoms. The van der Waals surface area contributed by atoms with Crippen molar-refractivity contribution >= 4 is 11.0 Å². The van der Waals surface area contributed by atoms with Crippen molar-refractivity contribution in [1.29, 1.82) is 0 Å². The Labute approximate surface area is 107 Å². The van der Waals surface area contributed by atoms with Gasteiger partial charge in [-0.15, -0.1) is 0 Å². The van der Waals surface area contributed by atoms with Crippen molar-refractivity contribution < 1.29 is 4.21 Å². The van der Waals surface area contributed by atoms with E-state index in [0.29, 0.717) is 0 Å². The van der Waals surface area contributed by atoms with Crippen LogP contribution in [0, 0.1) is 6.92 Å². The molecule has 0 fully saturated rings. The van der Waals surface area contributed by atoms with Crippen LogP contribution < -0.4 is 0 Å². The molecular weight excluding hydrogens is 232 g/mol. The molecule has 0 aliphatic rings. The number of rotatable bonds is 3. The molecule has 0 bridgehead atoms. The molecule has 0 saturated carbocycles. The zero-order chi connectivity index (χ0) is 13.2. The molecule has 1 heterocycles. The van der Waals surface area contributed by atoms with E-state index < -0.39 is 11.0 Å². The van der Waals surface area contributed by atoms with Crippen molar-refractivity contribution in [2.75, 3.05) is 7.05 Å². The van der Waals surface area contributed by atoms with E-state index in [1.807, 2.05) is 57.4 Å². The lowest BCUT2D eigenvalue weighted by atomic mass is 10.1. The molecule has 3 nitrogen and oxygen atoms in total. The number of nitrogens with zero attached hydrogens (tertiary/aromatic N) is 2. The summed E-state index contributed by atoms with van der Waals surface area (Å²) in [6, 6.07) is 4.13. The van der Waals surface area contributed by atoms with Crippen molar-refractivity contribution in [1.82, 2.24) is 9.29 Å². The van der Waals surface area contributed by atoms with Gasteiger partial charge in [0.15, 0.2) is 0 Å². The van der Waals surface area contributed by atoms with Gasteiger partial charge >= 0.3 is 0 Å². The van der Waals surface area contributed by atoms with Gasteiger partial charge in [-0.2, -0.15) is 0 Å². The number of pyridine rings is 1. The van der Waals surface area contributed by atoms with Gasteiger partial charge in [-0.25, -0.2) is 8.51 Å². The fourth-order valence-electron chi connectivity index (χ4n) is 1.51. The van der Waals surface area contributed by atoms with Crippen LogP contribution in [0.15, 0.2) is 18.3 Å². The maximum atomic E-state index is 12.3. The highest BCUT2D eigenvalue weighted by Crippen LogP contribution is 2.24. The summed E-state index contributed by atoms with van der Waals surface area (Å²) in [5.74, 6) is 0. The number of hydrogen-bond acceptors (Lipinski definition) is 2. The zero-order valence-electron chi connectivity index (χ0n) is 11.5. The van der Waals surface area contributed by atoms with Crippen LogP contribution >= 0.6 is 0 Å². The largest absolute Gasteiger partial charge is 0.261 e. The summed E-state index contributed by atoms with van der Waals surface area (Å²) in [5.41, 5.74) is 2.09. The molecule has 96 valence electrons. The van der Waals surface area contributed by atoms with Crippen LogP contribution in [0.1, 0.15) is 45.0 Å². The van der Waals surface area contributed by atoms with E-state index in [2.05, 4.69) is 11.9 Å². The molecule has 0 radical (unpaired) electrons. The van der Waals surface area contributed by atoms with Crippen molar-refractivity contribution in [3.05, 3.63) is 29.6 Å². The Kier molecular flexibility index (Phi) is 4.44. The standard InChI is InChI=1S/C13H22N2OS/c1-10-7-8-12(9-14-10)11(2)15(6)17(16)13(3,4)5/h7-9,11H,1-6H3/t11-,17?/m0/s1. The van der Waals surface area contributed by atoms with Gasteiger partial charge in [0, 0.05) is 25.0 Å². The second kappa shape index (κ2) is 5.27. The summed E-state index contributed by atoms with van der Waals surface area (Å²) in [5, 5.41) is 0. The third-order valence-corrected chi connectivity index (χ3v) is 4.63.